The first-order chi connectivity index (χ1) is 8.75. The molecule has 1 N–H and O–H groups in total. The summed E-state index contributed by atoms with van der Waals surface area (Å²) in [5.74, 6) is 0. The van der Waals surface area contributed by atoms with Crippen LogP contribution in [0.1, 0.15) is 11.3 Å². The maximum atomic E-state index is 4.48. The van der Waals surface area contributed by atoms with Crippen molar-refractivity contribution < 1.29 is 0 Å². The van der Waals surface area contributed by atoms with Crippen LogP contribution in [0.15, 0.2) is 36.5 Å². The van der Waals surface area contributed by atoms with Crippen molar-refractivity contribution in [1.82, 2.24) is 15.2 Å². The van der Waals surface area contributed by atoms with Gasteiger partial charge in [-0.05, 0) is 19.4 Å². The number of thiazole rings is 1. The summed E-state index contributed by atoms with van der Waals surface area (Å²) < 4.78 is 0. The molecule has 0 fully saturated rings. The number of H-pyrrole nitrogens is 1. The number of benzene rings is 1. The highest BCUT2D eigenvalue weighted by Gasteiger charge is 2.12. The fourth-order valence-corrected chi connectivity index (χ4v) is 2.79. The molecule has 0 amide bonds. The van der Waals surface area contributed by atoms with Crippen molar-refractivity contribution in [2.45, 2.75) is 13.8 Å². The molecule has 1 aromatic carbocycles. The summed E-state index contributed by atoms with van der Waals surface area (Å²) in [6.45, 7) is 4.11. The van der Waals surface area contributed by atoms with Gasteiger partial charge in [0.1, 0.15) is 10.7 Å². The molecule has 2 aromatic heterocycles. The maximum Gasteiger partial charge on any atom is 0.123 e. The Hall–Kier alpha value is -1.94. The van der Waals surface area contributed by atoms with Crippen LogP contribution in [0.5, 0.6) is 0 Å². The fourth-order valence-electron chi connectivity index (χ4n) is 1.82. The Morgan fingerprint density at radius 3 is 2.56 bits per heavy atom. The van der Waals surface area contributed by atoms with Crippen LogP contribution in [0, 0.1) is 13.8 Å². The molecular formula is C14H13N3S. The van der Waals surface area contributed by atoms with E-state index in [0.717, 1.165) is 26.8 Å². The standard InChI is InChI=1S/C14H13N3S/c1-9-10(2)16-17-13(9)12-8-15-14(18-12)11-6-4-3-5-7-11/h3-8H,1-2H3,(H,16,17). The number of aromatic amines is 1. The third kappa shape index (κ3) is 1.84. The molecule has 0 atom stereocenters. The molecule has 3 aromatic rings. The SMILES string of the molecule is Cc1[nH]nc(-c2cnc(-c3ccccc3)s2)c1C. The number of nitrogens with zero attached hydrogens (tertiary/aromatic N) is 2. The number of nitrogens with one attached hydrogen (secondary N) is 1. The molecule has 90 valence electrons. The zero-order valence-corrected chi connectivity index (χ0v) is 11.1. The van der Waals surface area contributed by atoms with Gasteiger partial charge in [-0.15, -0.1) is 11.3 Å². The van der Waals surface area contributed by atoms with E-state index in [1.54, 1.807) is 11.3 Å². The molecule has 2 heterocycles. The van der Waals surface area contributed by atoms with Crippen molar-refractivity contribution in [2.24, 2.45) is 0 Å². The van der Waals surface area contributed by atoms with Crippen LogP contribution in [0.3, 0.4) is 0 Å². The number of rotatable bonds is 2. The normalized spacial score (nSPS) is 10.8. The summed E-state index contributed by atoms with van der Waals surface area (Å²) in [5, 5.41) is 8.38. The predicted octanol–water partition coefficient (Wildman–Crippen LogP) is 3.82. The van der Waals surface area contributed by atoms with Gasteiger partial charge in [0, 0.05) is 17.5 Å². The molecule has 0 saturated heterocycles. The van der Waals surface area contributed by atoms with Gasteiger partial charge in [0.2, 0.25) is 0 Å². The Kier molecular flexibility index (Phi) is 2.72. The number of hydrogen-bond donors (Lipinski definition) is 1. The minimum Gasteiger partial charge on any atom is -0.282 e. The Balaban J connectivity index is 2.02. The second-order valence-corrected chi connectivity index (χ2v) is 5.25. The van der Waals surface area contributed by atoms with E-state index < -0.39 is 0 Å². The van der Waals surface area contributed by atoms with Gasteiger partial charge >= 0.3 is 0 Å². The van der Waals surface area contributed by atoms with Crippen molar-refractivity contribution in [3.05, 3.63) is 47.8 Å². The second kappa shape index (κ2) is 4.38. The average molecular weight is 255 g/mol. The molecule has 0 aliphatic rings. The van der Waals surface area contributed by atoms with Crippen LogP contribution in [0.2, 0.25) is 0 Å². The molecule has 0 spiro atoms. The number of aryl methyl sites for hydroxylation is 1. The zero-order chi connectivity index (χ0) is 12.5. The Morgan fingerprint density at radius 2 is 1.89 bits per heavy atom. The first-order valence-corrected chi connectivity index (χ1v) is 6.60. The van der Waals surface area contributed by atoms with Crippen molar-refractivity contribution in [3.8, 4) is 21.1 Å². The van der Waals surface area contributed by atoms with Gasteiger partial charge in [-0.2, -0.15) is 5.10 Å². The topological polar surface area (TPSA) is 41.6 Å². The van der Waals surface area contributed by atoms with Crippen LogP contribution in [-0.4, -0.2) is 15.2 Å². The van der Waals surface area contributed by atoms with Crippen LogP contribution in [-0.2, 0) is 0 Å². The summed E-state index contributed by atoms with van der Waals surface area (Å²) >= 11 is 1.67. The smallest absolute Gasteiger partial charge is 0.123 e. The molecule has 4 heteroatoms. The lowest BCUT2D eigenvalue weighted by molar-refractivity contribution is 1.05. The third-order valence-electron chi connectivity index (χ3n) is 3.01. The molecule has 3 rings (SSSR count). The minimum absolute atomic E-state index is 1.01. The maximum absolute atomic E-state index is 4.48. The Bertz CT molecular complexity index is 667. The summed E-state index contributed by atoms with van der Waals surface area (Å²) in [5.41, 5.74) is 4.46. The fraction of sp³-hybridized carbons (Fsp3) is 0.143. The third-order valence-corrected chi connectivity index (χ3v) is 4.07. The van der Waals surface area contributed by atoms with Crippen molar-refractivity contribution in [1.29, 1.82) is 0 Å². The van der Waals surface area contributed by atoms with E-state index in [1.807, 2.05) is 31.3 Å². The van der Waals surface area contributed by atoms with Crippen LogP contribution >= 0.6 is 11.3 Å². The number of aromatic nitrogens is 3. The van der Waals surface area contributed by atoms with Gasteiger partial charge < -0.3 is 0 Å². The minimum atomic E-state index is 1.01. The lowest BCUT2D eigenvalue weighted by Gasteiger charge is -1.94. The Morgan fingerprint density at radius 1 is 1.11 bits per heavy atom. The molecule has 0 radical (unpaired) electrons. The molecule has 3 nitrogen and oxygen atoms in total. The molecule has 0 unspecified atom stereocenters. The molecular weight excluding hydrogens is 242 g/mol. The van der Waals surface area contributed by atoms with Gasteiger partial charge in [0.15, 0.2) is 0 Å². The lowest BCUT2D eigenvalue weighted by Crippen LogP contribution is -1.75. The highest BCUT2D eigenvalue weighted by atomic mass is 32.1. The first kappa shape index (κ1) is 11.2. The van der Waals surface area contributed by atoms with Crippen LogP contribution in [0.25, 0.3) is 21.1 Å². The van der Waals surface area contributed by atoms with E-state index in [4.69, 9.17) is 0 Å². The van der Waals surface area contributed by atoms with Gasteiger partial charge in [-0.25, -0.2) is 4.98 Å². The monoisotopic (exact) mass is 255 g/mol. The molecule has 0 aliphatic carbocycles. The summed E-state index contributed by atoms with van der Waals surface area (Å²) in [6, 6.07) is 10.2. The molecule has 0 aliphatic heterocycles. The summed E-state index contributed by atoms with van der Waals surface area (Å²) in [4.78, 5) is 5.58. The van der Waals surface area contributed by atoms with Crippen molar-refractivity contribution in [3.63, 3.8) is 0 Å². The molecule has 18 heavy (non-hydrogen) atoms. The highest BCUT2D eigenvalue weighted by molar-refractivity contribution is 7.18. The second-order valence-electron chi connectivity index (χ2n) is 4.22. The van der Waals surface area contributed by atoms with E-state index >= 15 is 0 Å². The molecule has 0 bridgehead atoms. The Labute approximate surface area is 110 Å². The largest absolute Gasteiger partial charge is 0.282 e. The quantitative estimate of drug-likeness (QED) is 0.756. The average Bonchev–Trinajstić information content (AvgIpc) is 3.00. The predicted molar refractivity (Wildman–Crippen MR) is 74.6 cm³/mol. The van der Waals surface area contributed by atoms with Gasteiger partial charge in [-0.3, -0.25) is 5.10 Å². The van der Waals surface area contributed by atoms with E-state index in [1.165, 1.54) is 5.56 Å². The summed E-state index contributed by atoms with van der Waals surface area (Å²) in [6.07, 6.45) is 1.90. The van der Waals surface area contributed by atoms with Crippen LogP contribution < -0.4 is 0 Å². The molecule has 0 saturated carbocycles. The summed E-state index contributed by atoms with van der Waals surface area (Å²) in [7, 11) is 0. The lowest BCUT2D eigenvalue weighted by atomic mass is 10.2. The highest BCUT2D eigenvalue weighted by Crippen LogP contribution is 2.32. The van der Waals surface area contributed by atoms with Crippen LogP contribution in [0.4, 0.5) is 0 Å². The van der Waals surface area contributed by atoms with E-state index in [-0.39, 0.29) is 0 Å². The van der Waals surface area contributed by atoms with E-state index in [9.17, 15) is 0 Å². The zero-order valence-electron chi connectivity index (χ0n) is 10.3. The van der Waals surface area contributed by atoms with Gasteiger partial charge in [0.05, 0.1) is 4.88 Å². The van der Waals surface area contributed by atoms with E-state index in [2.05, 4.69) is 34.2 Å². The van der Waals surface area contributed by atoms with Crippen molar-refractivity contribution >= 4 is 11.3 Å². The van der Waals surface area contributed by atoms with Crippen molar-refractivity contribution in [2.75, 3.05) is 0 Å². The first-order valence-electron chi connectivity index (χ1n) is 5.79. The van der Waals surface area contributed by atoms with Gasteiger partial charge in [0.25, 0.3) is 0 Å². The van der Waals surface area contributed by atoms with E-state index in [0.29, 0.717) is 0 Å². The van der Waals surface area contributed by atoms with Gasteiger partial charge in [-0.1, -0.05) is 30.3 Å². The number of hydrogen-bond acceptors (Lipinski definition) is 3.